The van der Waals surface area contributed by atoms with Crippen LogP contribution in [0.4, 0.5) is 0 Å². The second kappa shape index (κ2) is 3.75. The molecule has 0 aliphatic rings. The molecular weight excluding hydrogens is 166 g/mol. The van der Waals surface area contributed by atoms with Gasteiger partial charge in [0, 0.05) is 6.20 Å². The van der Waals surface area contributed by atoms with Gasteiger partial charge in [0.1, 0.15) is 6.61 Å². The third-order valence-electron chi connectivity index (χ3n) is 1.53. The number of aromatic amines is 1. The molecule has 1 heterocycles. The molecule has 0 atom stereocenters. The molecule has 1 N–H and O–H groups in total. The molecule has 13 heavy (non-hydrogen) atoms. The quantitative estimate of drug-likeness (QED) is 0.725. The first-order valence-corrected chi connectivity index (χ1v) is 4.29. The molecule has 1 aromatic rings. The summed E-state index contributed by atoms with van der Waals surface area (Å²) >= 11 is 0. The SMILES string of the molecule is CC(C)(C)OCC(=O)c1ccc[nH]1. The van der Waals surface area contributed by atoms with Crippen LogP contribution in [0, 0.1) is 0 Å². The molecule has 0 aliphatic heterocycles. The number of H-pyrrole nitrogens is 1. The number of carbonyl (C=O) groups is 1. The van der Waals surface area contributed by atoms with Crippen molar-refractivity contribution in [1.29, 1.82) is 0 Å². The number of ether oxygens (including phenoxy) is 1. The van der Waals surface area contributed by atoms with Crippen LogP contribution in [0.15, 0.2) is 18.3 Å². The van der Waals surface area contributed by atoms with Crippen molar-refractivity contribution < 1.29 is 9.53 Å². The molecule has 1 aromatic heterocycles. The molecule has 0 bridgehead atoms. The normalized spacial score (nSPS) is 11.6. The van der Waals surface area contributed by atoms with Crippen LogP contribution >= 0.6 is 0 Å². The van der Waals surface area contributed by atoms with E-state index in [-0.39, 0.29) is 18.0 Å². The molecule has 0 aliphatic carbocycles. The number of aromatic nitrogens is 1. The average molecular weight is 181 g/mol. The number of Topliss-reactive ketones (excluding diaryl/α,β-unsaturated/α-hetero) is 1. The number of ketones is 1. The van der Waals surface area contributed by atoms with Gasteiger partial charge in [-0.2, -0.15) is 0 Å². The molecule has 0 spiro atoms. The highest BCUT2D eigenvalue weighted by Gasteiger charge is 2.14. The molecular formula is C10H15NO2. The fourth-order valence-electron chi connectivity index (χ4n) is 0.864. The smallest absolute Gasteiger partial charge is 0.204 e. The van der Waals surface area contributed by atoms with Crippen molar-refractivity contribution in [2.24, 2.45) is 0 Å². The molecule has 0 unspecified atom stereocenters. The van der Waals surface area contributed by atoms with E-state index in [9.17, 15) is 4.79 Å². The average Bonchev–Trinajstić information content (AvgIpc) is 2.50. The van der Waals surface area contributed by atoms with Gasteiger partial charge in [-0.25, -0.2) is 0 Å². The molecule has 3 nitrogen and oxygen atoms in total. The minimum atomic E-state index is -0.262. The van der Waals surface area contributed by atoms with Crippen molar-refractivity contribution in [3.63, 3.8) is 0 Å². The van der Waals surface area contributed by atoms with E-state index in [1.807, 2.05) is 20.8 Å². The van der Waals surface area contributed by atoms with Crippen LogP contribution in [-0.2, 0) is 4.74 Å². The van der Waals surface area contributed by atoms with Gasteiger partial charge in [0.05, 0.1) is 11.3 Å². The molecule has 1 rings (SSSR count). The van der Waals surface area contributed by atoms with E-state index >= 15 is 0 Å². The predicted molar refractivity (Wildman–Crippen MR) is 50.8 cm³/mol. The van der Waals surface area contributed by atoms with Crippen molar-refractivity contribution in [3.05, 3.63) is 24.0 Å². The van der Waals surface area contributed by atoms with Crippen molar-refractivity contribution in [2.45, 2.75) is 26.4 Å². The Labute approximate surface area is 78.1 Å². The summed E-state index contributed by atoms with van der Waals surface area (Å²) in [5, 5.41) is 0. The molecule has 72 valence electrons. The Kier molecular flexibility index (Phi) is 2.88. The highest BCUT2D eigenvalue weighted by atomic mass is 16.5. The third-order valence-corrected chi connectivity index (χ3v) is 1.53. The third kappa shape index (κ3) is 3.42. The maximum atomic E-state index is 11.4. The summed E-state index contributed by atoms with van der Waals surface area (Å²) in [7, 11) is 0. The standard InChI is InChI=1S/C10H15NO2/c1-10(2,3)13-7-9(12)8-5-4-6-11-8/h4-6,11H,7H2,1-3H3. The van der Waals surface area contributed by atoms with Crippen LogP contribution in [0.5, 0.6) is 0 Å². The van der Waals surface area contributed by atoms with Crippen LogP contribution in [0.3, 0.4) is 0 Å². The molecule has 0 aromatic carbocycles. The van der Waals surface area contributed by atoms with E-state index in [1.54, 1.807) is 18.3 Å². The Morgan fingerprint density at radius 1 is 1.54 bits per heavy atom. The second-order valence-electron chi connectivity index (χ2n) is 3.91. The summed E-state index contributed by atoms with van der Waals surface area (Å²) in [4.78, 5) is 14.2. The van der Waals surface area contributed by atoms with E-state index in [4.69, 9.17) is 4.74 Å². The summed E-state index contributed by atoms with van der Waals surface area (Å²) in [5.74, 6) is -0.0140. The number of rotatable bonds is 3. The first-order valence-electron chi connectivity index (χ1n) is 4.29. The van der Waals surface area contributed by atoms with Crippen LogP contribution in [0.2, 0.25) is 0 Å². The fourth-order valence-corrected chi connectivity index (χ4v) is 0.864. The topological polar surface area (TPSA) is 42.1 Å². The van der Waals surface area contributed by atoms with Gasteiger partial charge in [-0.3, -0.25) is 4.79 Å². The first kappa shape index (κ1) is 9.99. The van der Waals surface area contributed by atoms with E-state index in [0.29, 0.717) is 5.69 Å². The zero-order valence-electron chi connectivity index (χ0n) is 8.26. The van der Waals surface area contributed by atoms with Gasteiger partial charge < -0.3 is 9.72 Å². The number of hydrogen-bond acceptors (Lipinski definition) is 2. The minimum absolute atomic E-state index is 0.0140. The van der Waals surface area contributed by atoms with Gasteiger partial charge in [-0.05, 0) is 32.9 Å². The molecule has 0 saturated heterocycles. The van der Waals surface area contributed by atoms with Crippen molar-refractivity contribution in [3.8, 4) is 0 Å². The Bertz CT molecular complexity index is 270. The van der Waals surface area contributed by atoms with Gasteiger partial charge in [0.15, 0.2) is 0 Å². The zero-order chi connectivity index (χ0) is 9.90. The van der Waals surface area contributed by atoms with Gasteiger partial charge in [0.25, 0.3) is 0 Å². The van der Waals surface area contributed by atoms with E-state index in [1.165, 1.54) is 0 Å². The minimum Gasteiger partial charge on any atom is -0.368 e. The lowest BCUT2D eigenvalue weighted by Crippen LogP contribution is -2.23. The number of nitrogens with one attached hydrogen (secondary N) is 1. The molecule has 0 amide bonds. The van der Waals surface area contributed by atoms with Gasteiger partial charge in [0.2, 0.25) is 5.78 Å². The lowest BCUT2D eigenvalue weighted by atomic mass is 10.2. The van der Waals surface area contributed by atoms with Crippen molar-refractivity contribution in [1.82, 2.24) is 4.98 Å². The Morgan fingerprint density at radius 3 is 2.69 bits per heavy atom. The van der Waals surface area contributed by atoms with Gasteiger partial charge in [-0.15, -0.1) is 0 Å². The lowest BCUT2D eigenvalue weighted by Gasteiger charge is -2.18. The van der Waals surface area contributed by atoms with Crippen LogP contribution in [0.1, 0.15) is 31.3 Å². The van der Waals surface area contributed by atoms with Crippen LogP contribution in [0.25, 0.3) is 0 Å². The maximum Gasteiger partial charge on any atom is 0.204 e. The monoisotopic (exact) mass is 181 g/mol. The zero-order valence-corrected chi connectivity index (χ0v) is 8.26. The summed E-state index contributed by atoms with van der Waals surface area (Å²) in [6.07, 6.45) is 1.73. The summed E-state index contributed by atoms with van der Waals surface area (Å²) < 4.78 is 5.35. The summed E-state index contributed by atoms with van der Waals surface area (Å²) in [6.45, 7) is 5.91. The maximum absolute atomic E-state index is 11.4. The summed E-state index contributed by atoms with van der Waals surface area (Å²) in [5.41, 5.74) is 0.340. The Balaban J connectivity index is 2.44. The Morgan fingerprint density at radius 2 is 2.23 bits per heavy atom. The molecule has 0 fully saturated rings. The highest BCUT2D eigenvalue weighted by Crippen LogP contribution is 2.07. The van der Waals surface area contributed by atoms with E-state index < -0.39 is 0 Å². The van der Waals surface area contributed by atoms with Gasteiger partial charge >= 0.3 is 0 Å². The van der Waals surface area contributed by atoms with E-state index in [0.717, 1.165) is 0 Å². The largest absolute Gasteiger partial charge is 0.368 e. The summed E-state index contributed by atoms with van der Waals surface area (Å²) in [6, 6.07) is 3.54. The number of carbonyl (C=O) groups excluding carboxylic acids is 1. The van der Waals surface area contributed by atoms with Crippen molar-refractivity contribution in [2.75, 3.05) is 6.61 Å². The van der Waals surface area contributed by atoms with E-state index in [2.05, 4.69) is 4.98 Å². The fraction of sp³-hybridized carbons (Fsp3) is 0.500. The second-order valence-corrected chi connectivity index (χ2v) is 3.91. The molecule has 0 radical (unpaired) electrons. The van der Waals surface area contributed by atoms with Crippen LogP contribution < -0.4 is 0 Å². The highest BCUT2D eigenvalue weighted by molar-refractivity contribution is 5.95. The molecule has 3 heteroatoms. The first-order chi connectivity index (χ1) is 5.99. The lowest BCUT2D eigenvalue weighted by molar-refractivity contribution is 0.00289. The number of hydrogen-bond donors (Lipinski definition) is 1. The Hall–Kier alpha value is -1.09. The van der Waals surface area contributed by atoms with Gasteiger partial charge in [-0.1, -0.05) is 0 Å². The van der Waals surface area contributed by atoms with Crippen molar-refractivity contribution >= 4 is 5.78 Å². The predicted octanol–water partition coefficient (Wildman–Crippen LogP) is 2.01. The molecule has 0 saturated carbocycles. The van der Waals surface area contributed by atoms with Crippen LogP contribution in [-0.4, -0.2) is 23.0 Å².